The smallest absolute Gasteiger partial charge is 0.386 e. The fraction of sp³-hybridized carbons (Fsp3) is 0.385. The highest BCUT2D eigenvalue weighted by Gasteiger charge is 2.61. The van der Waals surface area contributed by atoms with E-state index in [1.807, 2.05) is 0 Å². The number of nitrogen functional groups attached to an aromatic ring is 1. The summed E-state index contributed by atoms with van der Waals surface area (Å²) in [6.45, 7) is 6.51. The van der Waals surface area contributed by atoms with E-state index in [1.165, 1.54) is 17.5 Å². The Morgan fingerprint density at radius 3 is 3.04 bits per heavy atom. The topological polar surface area (TPSA) is 142 Å². The molecule has 0 unspecified atom stereocenters. The summed E-state index contributed by atoms with van der Waals surface area (Å²) in [7, 11) is 0. The van der Waals surface area contributed by atoms with Gasteiger partial charge in [0.05, 0.1) is 15.9 Å². The molecule has 3 rings (SSSR count). The third kappa shape index (κ3) is 2.19. The van der Waals surface area contributed by atoms with Crippen molar-refractivity contribution in [3.05, 3.63) is 45.1 Å². The van der Waals surface area contributed by atoms with Gasteiger partial charge in [0.25, 0.3) is 0 Å². The van der Waals surface area contributed by atoms with Gasteiger partial charge < -0.3 is 15.9 Å². The fourth-order valence-corrected chi connectivity index (χ4v) is 3.63. The van der Waals surface area contributed by atoms with Crippen LogP contribution < -0.4 is 5.73 Å². The molecule has 4 N–H and O–H groups in total. The maximum atomic E-state index is 10.3. The molecule has 4 atom stereocenters. The van der Waals surface area contributed by atoms with E-state index in [-0.39, 0.29) is 0 Å². The minimum absolute atomic E-state index is 0.545. The number of nitrogens with two attached hydrogens (primary N) is 1. The zero-order valence-electron chi connectivity index (χ0n) is 11.7. The summed E-state index contributed by atoms with van der Waals surface area (Å²) >= 11 is 1.34. The van der Waals surface area contributed by atoms with Crippen molar-refractivity contribution in [1.29, 1.82) is 0 Å². The first-order valence-electron chi connectivity index (χ1n) is 6.59. The normalized spacial score (nSPS) is 30.0. The SMILES string of the molecule is [C-]#[N+][C@]1(CO)O[C@@H](c2csc3c(N)ccnc23)[C@H](N=[N+]=[N-])[C@@H]1O. The first-order chi connectivity index (χ1) is 11.1. The third-order valence-electron chi connectivity index (χ3n) is 3.85. The Balaban J connectivity index is 2.15. The van der Waals surface area contributed by atoms with Crippen molar-refractivity contribution in [3.63, 3.8) is 0 Å². The Bertz CT molecular complexity index is 842. The molecule has 1 saturated heterocycles. The van der Waals surface area contributed by atoms with Gasteiger partial charge in [0.15, 0.2) is 12.7 Å². The number of fused-ring (bicyclic) bond motifs is 1. The Hall–Kier alpha value is -2.41. The molecule has 1 fully saturated rings. The number of rotatable bonds is 3. The zero-order chi connectivity index (χ0) is 16.6. The summed E-state index contributed by atoms with van der Waals surface area (Å²) < 4.78 is 6.36. The molecule has 2 aromatic heterocycles. The predicted octanol–water partition coefficient (Wildman–Crippen LogP) is 1.60. The molecular formula is C13H12N6O3S. The summed E-state index contributed by atoms with van der Waals surface area (Å²) in [5.41, 5.74) is 14.5. The van der Waals surface area contributed by atoms with E-state index in [1.54, 1.807) is 11.4 Å². The van der Waals surface area contributed by atoms with Crippen LogP contribution in [0, 0.1) is 6.57 Å². The lowest BCUT2D eigenvalue weighted by molar-refractivity contribution is -0.0804. The first kappa shape index (κ1) is 15.5. The van der Waals surface area contributed by atoms with E-state index < -0.39 is 30.6 Å². The monoisotopic (exact) mass is 332 g/mol. The van der Waals surface area contributed by atoms with Crippen LogP contribution in [0.2, 0.25) is 0 Å². The third-order valence-corrected chi connectivity index (χ3v) is 4.88. The lowest BCUT2D eigenvalue weighted by Gasteiger charge is -2.16. The van der Waals surface area contributed by atoms with Gasteiger partial charge >= 0.3 is 5.72 Å². The minimum atomic E-state index is -1.86. The first-order valence-corrected chi connectivity index (χ1v) is 7.47. The van der Waals surface area contributed by atoms with Crippen molar-refractivity contribution in [1.82, 2.24) is 4.98 Å². The molecular weight excluding hydrogens is 320 g/mol. The summed E-state index contributed by atoms with van der Waals surface area (Å²) in [6.07, 6.45) is -0.817. The van der Waals surface area contributed by atoms with Gasteiger partial charge in [-0.2, -0.15) is 0 Å². The van der Waals surface area contributed by atoms with Crippen LogP contribution in [0.15, 0.2) is 22.8 Å². The number of anilines is 1. The van der Waals surface area contributed by atoms with Crippen LogP contribution in [0.3, 0.4) is 0 Å². The maximum absolute atomic E-state index is 10.3. The average Bonchev–Trinajstić information content (AvgIpc) is 3.10. The zero-order valence-corrected chi connectivity index (χ0v) is 12.5. The summed E-state index contributed by atoms with van der Waals surface area (Å²) in [4.78, 5) is 10.2. The van der Waals surface area contributed by atoms with Crippen LogP contribution >= 0.6 is 11.3 Å². The molecule has 1 aliphatic rings. The molecule has 9 nitrogen and oxygen atoms in total. The van der Waals surface area contributed by atoms with Gasteiger partial charge in [-0.25, -0.2) is 6.57 Å². The number of pyridine rings is 1. The number of azide groups is 1. The summed E-state index contributed by atoms with van der Waals surface area (Å²) in [5, 5.41) is 25.1. The van der Waals surface area contributed by atoms with Crippen LogP contribution in [0.1, 0.15) is 11.7 Å². The highest BCUT2D eigenvalue weighted by molar-refractivity contribution is 7.18. The second-order valence-electron chi connectivity index (χ2n) is 5.06. The molecule has 2 aromatic rings. The van der Waals surface area contributed by atoms with Gasteiger partial charge in [-0.3, -0.25) is 14.6 Å². The van der Waals surface area contributed by atoms with Gasteiger partial charge in [0, 0.05) is 16.7 Å². The van der Waals surface area contributed by atoms with E-state index in [4.69, 9.17) is 22.6 Å². The molecule has 3 heterocycles. The van der Waals surface area contributed by atoms with Crippen molar-refractivity contribution < 1.29 is 14.9 Å². The van der Waals surface area contributed by atoms with Gasteiger partial charge in [0.2, 0.25) is 0 Å². The van der Waals surface area contributed by atoms with E-state index in [0.29, 0.717) is 16.8 Å². The summed E-state index contributed by atoms with van der Waals surface area (Å²) in [5.74, 6) is 0. The van der Waals surface area contributed by atoms with Gasteiger partial charge in [-0.1, -0.05) is 5.11 Å². The van der Waals surface area contributed by atoms with Crippen LogP contribution in [-0.2, 0) is 4.74 Å². The van der Waals surface area contributed by atoms with Gasteiger partial charge in [0.1, 0.15) is 12.1 Å². The highest BCUT2D eigenvalue weighted by atomic mass is 32.1. The second kappa shape index (κ2) is 5.66. The van der Waals surface area contributed by atoms with Crippen LogP contribution in [0.4, 0.5) is 5.69 Å². The number of hydrogen-bond acceptors (Lipinski definition) is 7. The van der Waals surface area contributed by atoms with Crippen molar-refractivity contribution in [2.45, 2.75) is 24.0 Å². The standard InChI is InChI=1S/C13H12N6O3S/c1-16-13(5-20)12(21)9(18-19-15)10(22-13)6-4-23-11-7(14)2-3-17-8(6)11/h2-4,9-10,12,20-21H,5H2,(H2,14,17)/t9-,10-,12-,13+/m0/s1. The molecule has 0 amide bonds. The highest BCUT2D eigenvalue weighted by Crippen LogP contribution is 2.46. The molecule has 23 heavy (non-hydrogen) atoms. The average molecular weight is 332 g/mol. The number of hydrogen-bond donors (Lipinski definition) is 3. The van der Waals surface area contributed by atoms with E-state index in [9.17, 15) is 10.2 Å². The van der Waals surface area contributed by atoms with Crippen LogP contribution in [0.5, 0.6) is 0 Å². The number of nitrogens with zero attached hydrogens (tertiary/aromatic N) is 5. The van der Waals surface area contributed by atoms with Gasteiger partial charge in [-0.15, -0.1) is 11.3 Å². The lowest BCUT2D eigenvalue weighted by atomic mass is 9.98. The van der Waals surface area contributed by atoms with E-state index >= 15 is 0 Å². The Morgan fingerprint density at radius 1 is 1.61 bits per heavy atom. The van der Waals surface area contributed by atoms with E-state index in [0.717, 1.165) is 4.70 Å². The van der Waals surface area contributed by atoms with Crippen molar-refractivity contribution >= 4 is 27.2 Å². The predicted molar refractivity (Wildman–Crippen MR) is 83.2 cm³/mol. The second-order valence-corrected chi connectivity index (χ2v) is 5.94. The number of thiophene rings is 1. The Morgan fingerprint density at radius 2 is 2.39 bits per heavy atom. The van der Waals surface area contributed by atoms with E-state index in [2.05, 4.69) is 19.9 Å². The number of aromatic nitrogens is 1. The Kier molecular flexibility index (Phi) is 3.81. The maximum Gasteiger partial charge on any atom is 0.386 e. The molecule has 0 bridgehead atoms. The van der Waals surface area contributed by atoms with Crippen LogP contribution in [-0.4, -0.2) is 39.7 Å². The lowest BCUT2D eigenvalue weighted by Crippen LogP contribution is -2.42. The minimum Gasteiger partial charge on any atom is -0.397 e. The molecule has 0 saturated carbocycles. The number of ether oxygens (including phenoxy) is 1. The molecule has 10 heteroatoms. The van der Waals surface area contributed by atoms with Crippen molar-refractivity contribution in [2.24, 2.45) is 5.11 Å². The van der Waals surface area contributed by atoms with Crippen molar-refractivity contribution in [3.8, 4) is 0 Å². The molecule has 0 radical (unpaired) electrons. The molecule has 1 aliphatic heterocycles. The van der Waals surface area contributed by atoms with Crippen LogP contribution in [0.25, 0.3) is 25.5 Å². The molecule has 0 aliphatic carbocycles. The number of aliphatic hydroxyl groups excluding tert-OH is 2. The molecule has 0 spiro atoms. The number of aliphatic hydroxyl groups is 2. The largest absolute Gasteiger partial charge is 0.397 e. The Labute approximate surface area is 134 Å². The molecule has 118 valence electrons. The molecule has 0 aromatic carbocycles. The quantitative estimate of drug-likeness (QED) is 0.339. The fourth-order valence-electron chi connectivity index (χ4n) is 2.65. The summed E-state index contributed by atoms with van der Waals surface area (Å²) in [6, 6.07) is 0.608. The van der Waals surface area contributed by atoms with Crippen molar-refractivity contribution in [2.75, 3.05) is 12.3 Å². The van der Waals surface area contributed by atoms with Gasteiger partial charge in [-0.05, 0) is 17.0 Å².